The summed E-state index contributed by atoms with van der Waals surface area (Å²) in [5.74, 6) is -0.907. The normalized spacial score (nSPS) is 11.1. The van der Waals surface area contributed by atoms with E-state index in [1.165, 1.54) is 64.2 Å². The first kappa shape index (κ1) is 33.4. The van der Waals surface area contributed by atoms with Gasteiger partial charge in [0.1, 0.15) is 0 Å². The van der Waals surface area contributed by atoms with Crippen molar-refractivity contribution in [2.75, 3.05) is 32.8 Å². The molecule has 0 atom stereocenters. The van der Waals surface area contributed by atoms with Crippen molar-refractivity contribution in [2.24, 2.45) is 0 Å². The number of carbonyl (C=O) groups is 2. The van der Waals surface area contributed by atoms with Gasteiger partial charge < -0.3 is 15.5 Å². The van der Waals surface area contributed by atoms with Crippen molar-refractivity contribution in [3.05, 3.63) is 12.2 Å². The number of nitrogens with one attached hydrogen (secondary N) is 1. The first-order valence-electron chi connectivity index (χ1n) is 12.1. The molecule has 0 aliphatic heterocycles. The standard InChI is InChI=1S/C24H46N2O4.K/c1-2-3-4-5-6-7-8-9-10-11-12-13-14-15-16-17-23(28)25-18-19-26(20-21-27)22-24(29)30;/h9-10,27H,2-8,11-22H2,1H3,(H,25,28)(H,29,30);. The zero-order valence-electron chi connectivity index (χ0n) is 20.2. The number of nitrogens with zero attached hydrogens (tertiary/aromatic N) is 1. The molecular weight excluding hydrogens is 419 g/mol. The van der Waals surface area contributed by atoms with E-state index in [9.17, 15) is 9.59 Å². The number of unbranched alkanes of at least 4 members (excludes halogenated alkanes) is 11. The molecule has 0 unspecified atom stereocenters. The smallest absolute Gasteiger partial charge is 0.317 e. The molecule has 0 saturated carbocycles. The molecule has 31 heavy (non-hydrogen) atoms. The van der Waals surface area contributed by atoms with Crippen molar-refractivity contribution in [2.45, 2.75) is 96.8 Å². The maximum atomic E-state index is 11.8. The van der Waals surface area contributed by atoms with Crippen LogP contribution in [0.4, 0.5) is 0 Å². The average Bonchev–Trinajstić information content (AvgIpc) is 2.70. The Hall–Kier alpha value is 0.236. The van der Waals surface area contributed by atoms with Crippen LogP contribution < -0.4 is 5.32 Å². The van der Waals surface area contributed by atoms with Crippen LogP contribution in [0.25, 0.3) is 0 Å². The van der Waals surface area contributed by atoms with Crippen molar-refractivity contribution in [1.29, 1.82) is 0 Å². The van der Waals surface area contributed by atoms with Crippen LogP contribution in [0.3, 0.4) is 0 Å². The first-order valence-corrected chi connectivity index (χ1v) is 12.1. The number of hydrogen-bond acceptors (Lipinski definition) is 4. The van der Waals surface area contributed by atoms with Crippen LogP contribution in [0.2, 0.25) is 0 Å². The molecule has 177 valence electrons. The van der Waals surface area contributed by atoms with E-state index >= 15 is 0 Å². The Morgan fingerprint density at radius 2 is 1.39 bits per heavy atom. The fraction of sp³-hybridized carbons (Fsp3) is 0.833. The Balaban J connectivity index is 0. The SMILES string of the molecule is CCCCCCCCC=CCCCCCCCC(=O)NCCN(CCO)CC(=O)O.[K]. The number of rotatable bonds is 22. The van der Waals surface area contributed by atoms with Gasteiger partial charge in [-0.25, -0.2) is 0 Å². The summed E-state index contributed by atoms with van der Waals surface area (Å²) in [6.45, 7) is 3.20. The van der Waals surface area contributed by atoms with Crippen molar-refractivity contribution in [3.63, 3.8) is 0 Å². The van der Waals surface area contributed by atoms with Crippen LogP contribution in [-0.4, -0.2) is 111 Å². The minimum absolute atomic E-state index is 0. The molecule has 0 aromatic heterocycles. The fourth-order valence-corrected chi connectivity index (χ4v) is 3.40. The molecule has 1 radical (unpaired) electrons. The van der Waals surface area contributed by atoms with Crippen molar-refractivity contribution in [1.82, 2.24) is 10.2 Å². The van der Waals surface area contributed by atoms with Crippen LogP contribution in [0.15, 0.2) is 12.2 Å². The van der Waals surface area contributed by atoms with Gasteiger partial charge >= 0.3 is 5.97 Å². The minimum Gasteiger partial charge on any atom is -0.480 e. The molecule has 0 bridgehead atoms. The summed E-state index contributed by atoms with van der Waals surface area (Å²) < 4.78 is 0. The maximum Gasteiger partial charge on any atom is 0.317 e. The van der Waals surface area contributed by atoms with E-state index in [0.29, 0.717) is 26.1 Å². The van der Waals surface area contributed by atoms with Gasteiger partial charge in [0.2, 0.25) is 5.91 Å². The number of hydrogen-bond donors (Lipinski definition) is 3. The molecule has 0 spiro atoms. The van der Waals surface area contributed by atoms with Crippen molar-refractivity contribution in [3.8, 4) is 0 Å². The summed E-state index contributed by atoms with van der Waals surface area (Å²) in [5, 5.41) is 20.6. The minimum atomic E-state index is -0.928. The van der Waals surface area contributed by atoms with Crippen LogP contribution in [-0.2, 0) is 9.59 Å². The number of allylic oxidation sites excluding steroid dienone is 2. The van der Waals surface area contributed by atoms with Crippen LogP contribution in [0, 0.1) is 0 Å². The number of amides is 1. The Kier molecular flexibility index (Phi) is 28.5. The Labute approximate surface area is 233 Å². The summed E-state index contributed by atoms with van der Waals surface area (Å²) in [6.07, 6.45) is 21.3. The molecule has 3 N–H and O–H groups in total. The average molecular weight is 466 g/mol. The molecule has 6 nitrogen and oxygen atoms in total. The van der Waals surface area contributed by atoms with Crippen molar-refractivity contribution >= 4 is 63.3 Å². The first-order chi connectivity index (χ1) is 14.6. The van der Waals surface area contributed by atoms with E-state index < -0.39 is 5.97 Å². The largest absolute Gasteiger partial charge is 0.480 e. The predicted molar refractivity (Wildman–Crippen MR) is 129 cm³/mol. The second kappa shape index (κ2) is 26.5. The Bertz CT molecular complexity index is 447. The second-order valence-corrected chi connectivity index (χ2v) is 8.08. The molecule has 0 aromatic carbocycles. The molecule has 0 aliphatic carbocycles. The number of carboxylic acid groups (broad SMARTS) is 1. The molecule has 7 heteroatoms. The van der Waals surface area contributed by atoms with Gasteiger partial charge in [-0.05, 0) is 32.1 Å². The van der Waals surface area contributed by atoms with Crippen LogP contribution >= 0.6 is 0 Å². The monoisotopic (exact) mass is 465 g/mol. The van der Waals surface area contributed by atoms with Crippen molar-refractivity contribution < 1.29 is 19.8 Å². The zero-order valence-corrected chi connectivity index (χ0v) is 23.4. The summed E-state index contributed by atoms with van der Waals surface area (Å²) >= 11 is 0. The quantitative estimate of drug-likeness (QED) is 0.127. The molecule has 0 aromatic rings. The predicted octanol–water partition coefficient (Wildman–Crippen LogP) is 4.14. The van der Waals surface area contributed by atoms with E-state index in [-0.39, 0.29) is 70.4 Å². The summed E-state index contributed by atoms with van der Waals surface area (Å²) in [5.41, 5.74) is 0. The summed E-state index contributed by atoms with van der Waals surface area (Å²) in [4.78, 5) is 24.2. The summed E-state index contributed by atoms with van der Waals surface area (Å²) in [7, 11) is 0. The third kappa shape index (κ3) is 26.4. The van der Waals surface area contributed by atoms with Gasteiger partial charge in [-0.1, -0.05) is 70.4 Å². The van der Waals surface area contributed by atoms with Gasteiger partial charge in [0.05, 0.1) is 13.2 Å². The second-order valence-electron chi connectivity index (χ2n) is 8.08. The number of carbonyl (C=O) groups excluding carboxylic acids is 1. The van der Waals surface area contributed by atoms with Gasteiger partial charge in [0, 0.05) is 77.4 Å². The Morgan fingerprint density at radius 1 is 0.839 bits per heavy atom. The molecule has 0 rings (SSSR count). The molecule has 0 saturated heterocycles. The van der Waals surface area contributed by atoms with E-state index in [1.807, 2.05) is 0 Å². The van der Waals surface area contributed by atoms with Gasteiger partial charge in [0.15, 0.2) is 0 Å². The third-order valence-electron chi connectivity index (χ3n) is 5.19. The van der Waals surface area contributed by atoms with Crippen LogP contribution in [0.5, 0.6) is 0 Å². The summed E-state index contributed by atoms with van der Waals surface area (Å²) in [6, 6.07) is 0. The fourth-order valence-electron chi connectivity index (χ4n) is 3.40. The molecule has 0 aliphatic rings. The van der Waals surface area contributed by atoms with Gasteiger partial charge in [-0.2, -0.15) is 0 Å². The van der Waals surface area contributed by atoms with Gasteiger partial charge in [-0.3, -0.25) is 14.5 Å². The van der Waals surface area contributed by atoms with E-state index in [4.69, 9.17) is 10.2 Å². The number of aliphatic carboxylic acids is 1. The molecule has 1 amide bonds. The van der Waals surface area contributed by atoms with E-state index in [1.54, 1.807) is 4.90 Å². The zero-order chi connectivity index (χ0) is 22.3. The maximum absolute atomic E-state index is 11.8. The van der Waals surface area contributed by atoms with Gasteiger partial charge in [0.25, 0.3) is 0 Å². The molecule has 0 heterocycles. The number of carboxylic acids is 1. The molecular formula is C24H46KN2O4. The topological polar surface area (TPSA) is 89.9 Å². The van der Waals surface area contributed by atoms with E-state index in [0.717, 1.165) is 19.3 Å². The molecule has 0 fully saturated rings. The van der Waals surface area contributed by atoms with Crippen LogP contribution in [0.1, 0.15) is 96.8 Å². The number of aliphatic hydroxyl groups excluding tert-OH is 1. The van der Waals surface area contributed by atoms with Gasteiger partial charge in [-0.15, -0.1) is 0 Å². The third-order valence-corrected chi connectivity index (χ3v) is 5.19. The Morgan fingerprint density at radius 3 is 1.94 bits per heavy atom. The van der Waals surface area contributed by atoms with E-state index in [2.05, 4.69) is 24.4 Å². The number of aliphatic hydroxyl groups is 1.